The van der Waals surface area contributed by atoms with Crippen LogP contribution in [0.15, 0.2) is 59.1 Å². The van der Waals surface area contributed by atoms with Crippen molar-refractivity contribution < 1.29 is 4.74 Å². The summed E-state index contributed by atoms with van der Waals surface area (Å²) < 4.78 is 6.09. The summed E-state index contributed by atoms with van der Waals surface area (Å²) in [5, 5.41) is 3.55. The summed E-state index contributed by atoms with van der Waals surface area (Å²) in [6.45, 7) is 9.33. The van der Waals surface area contributed by atoms with Crippen LogP contribution in [-0.2, 0) is 4.74 Å². The highest BCUT2D eigenvalue weighted by Crippen LogP contribution is 2.33. The van der Waals surface area contributed by atoms with Gasteiger partial charge in [0.25, 0.3) is 0 Å². The smallest absolute Gasteiger partial charge is 0.119 e. The molecule has 3 nitrogen and oxygen atoms in total. The molecule has 0 aromatic heterocycles. The summed E-state index contributed by atoms with van der Waals surface area (Å²) in [5.74, 6) is 5.03. The molecule has 1 unspecified atom stereocenters. The minimum absolute atomic E-state index is 0.317. The van der Waals surface area contributed by atoms with Crippen molar-refractivity contribution in [2.45, 2.75) is 91.6 Å². The summed E-state index contributed by atoms with van der Waals surface area (Å²) in [7, 11) is 1.50. The molecule has 1 aliphatic heterocycles. The van der Waals surface area contributed by atoms with Gasteiger partial charge in [-0.05, 0) is 69.6 Å². The second-order valence-corrected chi connectivity index (χ2v) is 9.02. The molecule has 3 atom stereocenters. The molecule has 1 saturated carbocycles. The summed E-state index contributed by atoms with van der Waals surface area (Å²) in [4.78, 5) is 0. The van der Waals surface area contributed by atoms with Crippen LogP contribution in [0.5, 0.6) is 0 Å². The summed E-state index contributed by atoms with van der Waals surface area (Å²) in [6, 6.07) is 0. The van der Waals surface area contributed by atoms with Gasteiger partial charge in [-0.3, -0.25) is 0 Å². The van der Waals surface area contributed by atoms with E-state index in [1.165, 1.54) is 50.4 Å². The van der Waals surface area contributed by atoms with Crippen molar-refractivity contribution in [2.75, 3.05) is 13.6 Å². The van der Waals surface area contributed by atoms with Gasteiger partial charge in [0.1, 0.15) is 11.9 Å². The predicted molar refractivity (Wildman–Crippen MR) is 145 cm³/mol. The number of allylic oxidation sites excluding steroid dienone is 9. The molecule has 0 amide bonds. The van der Waals surface area contributed by atoms with Gasteiger partial charge >= 0.3 is 0 Å². The fraction of sp³-hybridized carbons (Fsp3) is 0.600. The maximum Gasteiger partial charge on any atom is 0.119 e. The summed E-state index contributed by atoms with van der Waals surface area (Å²) in [6.07, 6.45) is 30.0. The molecule has 0 spiro atoms. The molecule has 0 bridgehead atoms. The van der Waals surface area contributed by atoms with Crippen molar-refractivity contribution in [3.05, 3.63) is 59.1 Å². The predicted octanol–water partition coefficient (Wildman–Crippen LogP) is 7.20. The minimum Gasteiger partial charge on any atom is -0.491 e. The zero-order chi connectivity index (χ0) is 24.5. The highest BCUT2D eigenvalue weighted by molar-refractivity contribution is 5.34. The third-order valence-electron chi connectivity index (χ3n) is 6.50. The van der Waals surface area contributed by atoms with Crippen molar-refractivity contribution >= 4 is 0 Å². The molecule has 0 aromatic rings. The van der Waals surface area contributed by atoms with E-state index in [1.54, 1.807) is 12.5 Å². The SMILES string of the molecule is C#CC.CCC1=C(/C=C\CC2=CC=C([C@@H]3CCC[C@@H](C)CC3)C=CC2)NCC(CC)O1.CN. The Morgan fingerprint density at radius 2 is 1.94 bits per heavy atom. The number of terminal acetylenes is 1. The molecule has 3 rings (SSSR count). The van der Waals surface area contributed by atoms with E-state index >= 15 is 0 Å². The molecular weight excluding hydrogens is 404 g/mol. The van der Waals surface area contributed by atoms with Gasteiger partial charge in [-0.1, -0.05) is 76.0 Å². The Labute approximate surface area is 204 Å². The number of hydrogen-bond acceptors (Lipinski definition) is 3. The molecule has 3 aliphatic rings. The Morgan fingerprint density at radius 1 is 1.18 bits per heavy atom. The summed E-state index contributed by atoms with van der Waals surface area (Å²) >= 11 is 0. The molecule has 33 heavy (non-hydrogen) atoms. The Balaban J connectivity index is 0.00000101. The van der Waals surface area contributed by atoms with Crippen molar-refractivity contribution in [3.63, 3.8) is 0 Å². The second-order valence-electron chi connectivity index (χ2n) is 9.02. The van der Waals surface area contributed by atoms with Gasteiger partial charge in [0.05, 0.1) is 12.2 Å². The molecule has 3 heteroatoms. The fourth-order valence-corrected chi connectivity index (χ4v) is 4.54. The van der Waals surface area contributed by atoms with Gasteiger partial charge in [-0.25, -0.2) is 0 Å². The molecule has 0 radical (unpaired) electrons. The van der Waals surface area contributed by atoms with Crippen LogP contribution in [0, 0.1) is 24.2 Å². The molecule has 3 N–H and O–H groups in total. The quantitative estimate of drug-likeness (QED) is 0.331. The monoisotopic (exact) mass is 452 g/mol. The van der Waals surface area contributed by atoms with Gasteiger partial charge in [0, 0.05) is 6.42 Å². The Kier molecular flexibility index (Phi) is 15.1. The zero-order valence-corrected chi connectivity index (χ0v) is 21.8. The first-order valence-electron chi connectivity index (χ1n) is 12.9. The van der Waals surface area contributed by atoms with Crippen LogP contribution in [-0.4, -0.2) is 19.7 Å². The lowest BCUT2D eigenvalue weighted by Crippen LogP contribution is -2.33. The number of hydrogen-bond donors (Lipinski definition) is 2. The number of nitrogens with one attached hydrogen (secondary N) is 1. The highest BCUT2D eigenvalue weighted by Gasteiger charge is 2.19. The normalized spacial score (nSPS) is 24.9. The van der Waals surface area contributed by atoms with Crippen LogP contribution in [0.1, 0.15) is 85.5 Å². The van der Waals surface area contributed by atoms with E-state index in [0.29, 0.717) is 6.10 Å². The first-order chi connectivity index (χ1) is 16.1. The van der Waals surface area contributed by atoms with E-state index in [-0.39, 0.29) is 0 Å². The van der Waals surface area contributed by atoms with Crippen LogP contribution in [0.4, 0.5) is 0 Å². The number of nitrogens with two attached hydrogens (primary N) is 1. The molecule has 184 valence electrons. The summed E-state index contributed by atoms with van der Waals surface area (Å²) in [5.41, 5.74) is 8.71. The highest BCUT2D eigenvalue weighted by atomic mass is 16.5. The second kappa shape index (κ2) is 17.3. The van der Waals surface area contributed by atoms with Crippen LogP contribution < -0.4 is 11.1 Å². The first kappa shape index (κ1) is 28.9. The largest absolute Gasteiger partial charge is 0.491 e. The van der Waals surface area contributed by atoms with E-state index < -0.39 is 0 Å². The van der Waals surface area contributed by atoms with Crippen molar-refractivity contribution in [3.8, 4) is 12.3 Å². The topological polar surface area (TPSA) is 47.3 Å². The molecule has 0 saturated heterocycles. The molecule has 0 aromatic carbocycles. The van der Waals surface area contributed by atoms with Crippen molar-refractivity contribution in [1.82, 2.24) is 5.32 Å². The first-order valence-corrected chi connectivity index (χ1v) is 12.9. The third kappa shape index (κ3) is 10.5. The average molecular weight is 453 g/mol. The third-order valence-corrected chi connectivity index (χ3v) is 6.50. The van der Waals surface area contributed by atoms with E-state index in [0.717, 1.165) is 49.8 Å². The van der Waals surface area contributed by atoms with Crippen molar-refractivity contribution in [1.29, 1.82) is 0 Å². The maximum atomic E-state index is 6.09. The van der Waals surface area contributed by atoms with Crippen LogP contribution in [0.3, 0.4) is 0 Å². The molecular formula is C30H48N2O. The van der Waals surface area contributed by atoms with Crippen molar-refractivity contribution in [2.24, 2.45) is 17.6 Å². The molecule has 2 aliphatic carbocycles. The molecule has 1 fully saturated rings. The van der Waals surface area contributed by atoms with E-state index in [1.807, 2.05) is 0 Å². The maximum absolute atomic E-state index is 6.09. The standard InChI is InChI=1S/C26H39NO.C3H4.CH5N/c1-4-24-19-27-25(26(5-2)28-24)14-8-11-21-10-7-13-23(18-16-21)22-12-6-9-20(3)15-17-22;1-3-2;1-2/h7-8,13-14,16,18,20,22,24,27H,4-6,9-12,15,17,19H2,1-3H3;1H,2H3;2H2,1H3/b14-8-;;/t20-,22-,24?;;/m1../s1. The van der Waals surface area contributed by atoms with Gasteiger partial charge in [0.15, 0.2) is 0 Å². The lowest BCUT2D eigenvalue weighted by Gasteiger charge is -2.27. The van der Waals surface area contributed by atoms with Gasteiger partial charge in [0.2, 0.25) is 0 Å². The Bertz CT molecular complexity index is 748. The number of ether oxygens (including phenoxy) is 1. The Hall–Kier alpha value is -2.18. The van der Waals surface area contributed by atoms with Crippen LogP contribution >= 0.6 is 0 Å². The average Bonchev–Trinajstić information content (AvgIpc) is 3.21. The van der Waals surface area contributed by atoms with Crippen LogP contribution in [0.25, 0.3) is 0 Å². The zero-order valence-electron chi connectivity index (χ0n) is 21.8. The van der Waals surface area contributed by atoms with Gasteiger partial charge in [-0.15, -0.1) is 12.3 Å². The van der Waals surface area contributed by atoms with E-state index in [9.17, 15) is 0 Å². The minimum atomic E-state index is 0.317. The fourth-order valence-electron chi connectivity index (χ4n) is 4.54. The number of rotatable bonds is 6. The lowest BCUT2D eigenvalue weighted by molar-refractivity contribution is 0.0904. The lowest BCUT2D eigenvalue weighted by atomic mass is 9.90. The van der Waals surface area contributed by atoms with Gasteiger partial charge in [-0.2, -0.15) is 0 Å². The van der Waals surface area contributed by atoms with Gasteiger partial charge < -0.3 is 15.8 Å². The van der Waals surface area contributed by atoms with E-state index in [2.05, 4.69) is 80.6 Å². The van der Waals surface area contributed by atoms with E-state index in [4.69, 9.17) is 4.74 Å². The Morgan fingerprint density at radius 3 is 2.64 bits per heavy atom. The molecule has 1 heterocycles. The van der Waals surface area contributed by atoms with Crippen LogP contribution in [0.2, 0.25) is 0 Å².